The van der Waals surface area contributed by atoms with E-state index in [1.165, 1.54) is 6.07 Å². The van der Waals surface area contributed by atoms with E-state index in [-0.39, 0.29) is 17.7 Å². The Kier molecular flexibility index (Phi) is 5.13. The number of rotatable bonds is 3. The molecule has 2 aromatic rings. The molecule has 7 N–H and O–H groups in total. The van der Waals surface area contributed by atoms with Gasteiger partial charge < -0.3 is 31.3 Å². The van der Waals surface area contributed by atoms with Crippen LogP contribution in [0, 0.1) is 11.8 Å². The van der Waals surface area contributed by atoms with Crippen molar-refractivity contribution in [1.29, 1.82) is 0 Å². The summed E-state index contributed by atoms with van der Waals surface area (Å²) >= 11 is 0. The summed E-state index contributed by atoms with van der Waals surface area (Å²) < 4.78 is 0. The summed E-state index contributed by atoms with van der Waals surface area (Å²) in [6.07, 6.45) is -1.61. The standard InChI is InChI=1S/C26H21NO9/c27-25(35)20-17(30)8-15-21(31)14-7-13-12(11-3-1-10(9-28)2-4-11)5-6-16(29)18(13)22(32)19(14)23(33)26(15,36)24(20)34/h1-6,9,14-15,21,29,31-32,34,36H,7-8H2,(H2,27,35)/t14-,15-,21+,26+/m1/s1. The van der Waals surface area contributed by atoms with Crippen molar-refractivity contribution in [3.8, 4) is 16.9 Å². The van der Waals surface area contributed by atoms with Crippen molar-refractivity contribution < 1.29 is 44.7 Å². The largest absolute Gasteiger partial charge is 0.508 e. The molecule has 1 amide bonds. The smallest absolute Gasteiger partial charge is 0.255 e. The molecule has 184 valence electrons. The Hall–Kier alpha value is -4.28. The fourth-order valence-electron chi connectivity index (χ4n) is 5.65. The molecule has 36 heavy (non-hydrogen) atoms. The minimum Gasteiger partial charge on any atom is -0.508 e. The van der Waals surface area contributed by atoms with E-state index in [2.05, 4.69) is 0 Å². The Morgan fingerprint density at radius 1 is 1.03 bits per heavy atom. The highest BCUT2D eigenvalue weighted by molar-refractivity contribution is 6.23. The lowest BCUT2D eigenvalue weighted by Gasteiger charge is -2.48. The summed E-state index contributed by atoms with van der Waals surface area (Å²) in [7, 11) is 0. The van der Waals surface area contributed by atoms with Crippen LogP contribution in [0.3, 0.4) is 0 Å². The lowest BCUT2D eigenvalue weighted by molar-refractivity contribution is -0.159. The number of hydrogen-bond donors (Lipinski definition) is 6. The van der Waals surface area contributed by atoms with E-state index in [1.54, 1.807) is 30.3 Å². The van der Waals surface area contributed by atoms with Gasteiger partial charge in [0.2, 0.25) is 5.78 Å². The van der Waals surface area contributed by atoms with Gasteiger partial charge in [0.05, 0.1) is 11.7 Å². The third-order valence-electron chi connectivity index (χ3n) is 7.42. The van der Waals surface area contributed by atoms with E-state index < -0.39 is 70.1 Å². The van der Waals surface area contributed by atoms with E-state index in [0.717, 1.165) is 0 Å². The molecular formula is C26H21NO9. The molecule has 1 saturated carbocycles. The van der Waals surface area contributed by atoms with Crippen LogP contribution in [-0.2, 0) is 20.8 Å². The first-order chi connectivity index (χ1) is 17.0. The van der Waals surface area contributed by atoms with Crippen LogP contribution in [0.1, 0.15) is 27.9 Å². The van der Waals surface area contributed by atoms with Gasteiger partial charge in [0.15, 0.2) is 11.4 Å². The number of hydrogen-bond acceptors (Lipinski definition) is 9. The number of nitrogens with two attached hydrogens (primary N) is 1. The zero-order chi connectivity index (χ0) is 26.1. The van der Waals surface area contributed by atoms with E-state index in [9.17, 15) is 44.7 Å². The number of aromatic hydroxyl groups is 1. The van der Waals surface area contributed by atoms with Gasteiger partial charge >= 0.3 is 0 Å². The lowest BCUT2D eigenvalue weighted by atomic mass is 9.57. The maximum absolute atomic E-state index is 13.6. The minimum atomic E-state index is -2.87. The number of ketones is 2. The number of phenols is 1. The van der Waals surface area contributed by atoms with Gasteiger partial charge in [0, 0.05) is 29.4 Å². The van der Waals surface area contributed by atoms with Crippen LogP contribution in [0.4, 0.5) is 0 Å². The Morgan fingerprint density at radius 3 is 2.31 bits per heavy atom. The molecule has 0 bridgehead atoms. The second kappa shape index (κ2) is 7.87. The number of benzene rings is 2. The molecule has 0 aromatic heterocycles. The second-order valence-electron chi connectivity index (χ2n) is 9.21. The molecule has 0 saturated heterocycles. The number of phenolic OH excluding ortho intramolecular Hbond substituents is 1. The number of aliphatic hydroxyl groups is 4. The number of amides is 1. The molecule has 5 rings (SSSR count). The monoisotopic (exact) mass is 491 g/mol. The molecule has 3 aliphatic rings. The predicted octanol–water partition coefficient (Wildman–Crippen LogP) is 0.874. The van der Waals surface area contributed by atoms with Crippen LogP contribution < -0.4 is 5.73 Å². The quantitative estimate of drug-likeness (QED) is 0.267. The summed E-state index contributed by atoms with van der Waals surface area (Å²) in [4.78, 5) is 48.8. The van der Waals surface area contributed by atoms with Crippen LogP contribution in [0.5, 0.6) is 5.75 Å². The van der Waals surface area contributed by atoms with Gasteiger partial charge in [0.1, 0.15) is 29.1 Å². The zero-order valence-corrected chi connectivity index (χ0v) is 18.6. The van der Waals surface area contributed by atoms with Gasteiger partial charge in [0.25, 0.3) is 5.91 Å². The third-order valence-corrected chi connectivity index (χ3v) is 7.42. The topological polar surface area (TPSA) is 195 Å². The number of carbonyl (C=O) groups is 4. The molecule has 2 aromatic carbocycles. The van der Waals surface area contributed by atoms with Crippen molar-refractivity contribution in [3.63, 3.8) is 0 Å². The highest BCUT2D eigenvalue weighted by Crippen LogP contribution is 2.53. The van der Waals surface area contributed by atoms with Gasteiger partial charge in [-0.1, -0.05) is 30.3 Å². The van der Waals surface area contributed by atoms with E-state index in [1.807, 2.05) is 0 Å². The van der Waals surface area contributed by atoms with E-state index in [4.69, 9.17) is 5.73 Å². The first-order valence-electron chi connectivity index (χ1n) is 11.1. The summed E-state index contributed by atoms with van der Waals surface area (Å²) in [5.74, 6) is -8.40. The van der Waals surface area contributed by atoms with Crippen molar-refractivity contribution in [1.82, 2.24) is 0 Å². The molecular weight excluding hydrogens is 470 g/mol. The van der Waals surface area contributed by atoms with Gasteiger partial charge in [-0.05, 0) is 29.2 Å². The number of aldehydes is 1. The van der Waals surface area contributed by atoms with Crippen LogP contribution in [0.15, 0.2) is 53.3 Å². The average Bonchev–Trinajstić information content (AvgIpc) is 2.84. The van der Waals surface area contributed by atoms with Crippen LogP contribution in [-0.4, -0.2) is 61.0 Å². The van der Waals surface area contributed by atoms with E-state index in [0.29, 0.717) is 28.5 Å². The maximum atomic E-state index is 13.6. The Bertz CT molecular complexity index is 1440. The first kappa shape index (κ1) is 23.5. The summed E-state index contributed by atoms with van der Waals surface area (Å²) in [5.41, 5.74) is 2.86. The number of carbonyl (C=O) groups excluding carboxylic acids is 4. The molecule has 10 nitrogen and oxygen atoms in total. The molecule has 0 spiro atoms. The van der Waals surface area contributed by atoms with Gasteiger partial charge in [-0.15, -0.1) is 0 Å². The second-order valence-corrected chi connectivity index (χ2v) is 9.21. The van der Waals surface area contributed by atoms with Gasteiger partial charge in [-0.25, -0.2) is 0 Å². The SMILES string of the molecule is NC(=O)C1=C(O)[C@@]2(O)C(=O)C3=C(O)c4c(O)ccc(-c5ccc(C=O)cc5)c4C[C@H]3[C@H](O)[C@H]2CC1=O. The average molecular weight is 491 g/mol. The maximum Gasteiger partial charge on any atom is 0.255 e. The van der Waals surface area contributed by atoms with Crippen molar-refractivity contribution in [2.24, 2.45) is 17.6 Å². The van der Waals surface area contributed by atoms with Crippen LogP contribution in [0.25, 0.3) is 16.9 Å². The Balaban J connectivity index is 1.73. The molecule has 4 atom stereocenters. The van der Waals surface area contributed by atoms with Crippen LogP contribution >= 0.6 is 0 Å². The molecule has 1 fully saturated rings. The number of fused-ring (bicyclic) bond motifs is 3. The molecule has 0 radical (unpaired) electrons. The first-order valence-corrected chi connectivity index (χ1v) is 11.1. The fraction of sp³-hybridized carbons (Fsp3) is 0.231. The summed E-state index contributed by atoms with van der Waals surface area (Å²) in [6.45, 7) is 0. The fourth-order valence-corrected chi connectivity index (χ4v) is 5.65. The highest BCUT2D eigenvalue weighted by atomic mass is 16.4. The Labute approximate surface area is 203 Å². The third kappa shape index (κ3) is 2.98. The normalized spacial score (nSPS) is 27.3. The van der Waals surface area contributed by atoms with Crippen molar-refractivity contribution in [2.75, 3.05) is 0 Å². The molecule has 10 heteroatoms. The molecule has 0 aliphatic heterocycles. The zero-order valence-electron chi connectivity index (χ0n) is 18.6. The molecule has 0 unspecified atom stereocenters. The van der Waals surface area contributed by atoms with Crippen LogP contribution in [0.2, 0.25) is 0 Å². The van der Waals surface area contributed by atoms with Crippen molar-refractivity contribution >= 4 is 29.5 Å². The number of aliphatic hydroxyl groups excluding tert-OH is 3. The van der Waals surface area contributed by atoms with Gasteiger partial charge in [-0.3, -0.25) is 19.2 Å². The lowest BCUT2D eigenvalue weighted by Crippen LogP contribution is -2.63. The predicted molar refractivity (Wildman–Crippen MR) is 124 cm³/mol. The minimum absolute atomic E-state index is 0.0608. The summed E-state index contributed by atoms with van der Waals surface area (Å²) in [6, 6.07) is 9.41. The summed E-state index contributed by atoms with van der Waals surface area (Å²) in [5, 5.41) is 54.9. The Morgan fingerprint density at radius 2 is 1.69 bits per heavy atom. The number of primary amides is 1. The molecule has 0 heterocycles. The van der Waals surface area contributed by atoms with Crippen molar-refractivity contribution in [2.45, 2.75) is 24.5 Å². The number of Topliss-reactive ketones (excluding diaryl/α,β-unsaturated/α-hetero) is 2. The van der Waals surface area contributed by atoms with Gasteiger partial charge in [-0.2, -0.15) is 0 Å². The van der Waals surface area contributed by atoms with Crippen molar-refractivity contribution in [3.05, 3.63) is 70.0 Å². The highest BCUT2D eigenvalue weighted by Gasteiger charge is 2.64. The van der Waals surface area contributed by atoms with E-state index >= 15 is 0 Å². The molecule has 3 aliphatic carbocycles.